The maximum Gasteiger partial charge on any atom is 0.302 e. The lowest BCUT2D eigenvalue weighted by Gasteiger charge is -2.34. The number of carbonyl (C=O) groups excluding carboxylic acids is 2. The van der Waals surface area contributed by atoms with Crippen molar-refractivity contribution in [3.63, 3.8) is 0 Å². The van der Waals surface area contributed by atoms with E-state index >= 15 is 0 Å². The van der Waals surface area contributed by atoms with E-state index in [-0.39, 0.29) is 25.1 Å². The zero-order valence-electron chi connectivity index (χ0n) is 17.0. The highest BCUT2D eigenvalue weighted by molar-refractivity contribution is 6.11. The maximum absolute atomic E-state index is 13.1. The van der Waals surface area contributed by atoms with Crippen LogP contribution in [0.2, 0.25) is 0 Å². The Morgan fingerprint density at radius 2 is 1.80 bits per heavy atom. The van der Waals surface area contributed by atoms with Gasteiger partial charge in [0.2, 0.25) is 6.79 Å². The predicted octanol–water partition coefficient (Wildman–Crippen LogP) is 3.50. The highest BCUT2D eigenvalue weighted by Crippen LogP contribution is 2.48. The zero-order chi connectivity index (χ0) is 21.4. The fraction of sp³-hybridized carbons (Fsp3) is 0.304. The Morgan fingerprint density at radius 3 is 2.47 bits per heavy atom. The number of rotatable bonds is 5. The molecule has 30 heavy (non-hydrogen) atoms. The molecule has 4 rings (SSSR count). The first-order valence-corrected chi connectivity index (χ1v) is 9.47. The molecule has 7 heteroatoms. The molecule has 1 heterocycles. The standard InChI is InChI=1S/C23H22O7/c1-12-17(10-28-13(2)24)22(14-5-6-18(26-3)19(7-14)27-4)15-8-20-21(30-11-29-20)9-16(15)23(12)25/h5-9,17,22H,1,10-11H2,2-4H3/t17-,22-/m1/s1. The summed E-state index contributed by atoms with van der Waals surface area (Å²) >= 11 is 0. The summed E-state index contributed by atoms with van der Waals surface area (Å²) in [5.74, 6) is 0.895. The van der Waals surface area contributed by atoms with E-state index in [1.54, 1.807) is 20.3 Å². The number of fused-ring (bicyclic) bond motifs is 2. The van der Waals surface area contributed by atoms with Crippen LogP contribution in [0.3, 0.4) is 0 Å². The van der Waals surface area contributed by atoms with Crippen molar-refractivity contribution >= 4 is 11.8 Å². The minimum Gasteiger partial charge on any atom is -0.493 e. The van der Waals surface area contributed by atoms with E-state index < -0.39 is 11.9 Å². The second-order valence-electron chi connectivity index (χ2n) is 7.15. The van der Waals surface area contributed by atoms with Crippen LogP contribution in [-0.2, 0) is 9.53 Å². The first-order valence-electron chi connectivity index (χ1n) is 9.47. The minimum atomic E-state index is -0.438. The van der Waals surface area contributed by atoms with E-state index in [0.717, 1.165) is 11.1 Å². The van der Waals surface area contributed by atoms with E-state index in [2.05, 4.69) is 6.58 Å². The fourth-order valence-electron chi connectivity index (χ4n) is 4.03. The molecule has 0 N–H and O–H groups in total. The normalized spacial score (nSPS) is 19.3. The average Bonchev–Trinajstić information content (AvgIpc) is 3.21. The molecule has 0 unspecified atom stereocenters. The second kappa shape index (κ2) is 7.74. The van der Waals surface area contributed by atoms with Gasteiger partial charge in [0.15, 0.2) is 28.8 Å². The number of benzene rings is 2. The van der Waals surface area contributed by atoms with Crippen molar-refractivity contribution in [2.45, 2.75) is 12.8 Å². The van der Waals surface area contributed by atoms with Gasteiger partial charge >= 0.3 is 5.97 Å². The number of methoxy groups -OCH3 is 2. The highest BCUT2D eigenvalue weighted by Gasteiger charge is 2.40. The number of esters is 1. The first-order chi connectivity index (χ1) is 14.4. The molecule has 0 spiro atoms. The van der Waals surface area contributed by atoms with Crippen molar-refractivity contribution in [2.24, 2.45) is 5.92 Å². The van der Waals surface area contributed by atoms with Gasteiger partial charge in [0.25, 0.3) is 0 Å². The summed E-state index contributed by atoms with van der Waals surface area (Å²) in [5.41, 5.74) is 2.52. The third-order valence-electron chi connectivity index (χ3n) is 5.50. The molecular formula is C23H22O7. The van der Waals surface area contributed by atoms with Crippen LogP contribution in [0.25, 0.3) is 0 Å². The molecule has 1 aliphatic heterocycles. The molecular weight excluding hydrogens is 388 g/mol. The lowest BCUT2D eigenvalue weighted by atomic mass is 9.69. The first kappa shape index (κ1) is 19.8. The molecule has 7 nitrogen and oxygen atoms in total. The van der Waals surface area contributed by atoms with Crippen LogP contribution >= 0.6 is 0 Å². The number of ketones is 1. The van der Waals surface area contributed by atoms with Crippen molar-refractivity contribution in [1.29, 1.82) is 0 Å². The van der Waals surface area contributed by atoms with Gasteiger partial charge in [-0.3, -0.25) is 9.59 Å². The van der Waals surface area contributed by atoms with Gasteiger partial charge in [0.05, 0.1) is 20.8 Å². The maximum atomic E-state index is 13.1. The molecule has 156 valence electrons. The van der Waals surface area contributed by atoms with Crippen molar-refractivity contribution in [3.8, 4) is 23.0 Å². The van der Waals surface area contributed by atoms with E-state index in [9.17, 15) is 9.59 Å². The van der Waals surface area contributed by atoms with Gasteiger partial charge in [0.1, 0.15) is 0 Å². The molecule has 2 aromatic carbocycles. The molecule has 0 aromatic heterocycles. The average molecular weight is 410 g/mol. The summed E-state index contributed by atoms with van der Waals surface area (Å²) in [7, 11) is 3.13. The number of hydrogen-bond donors (Lipinski definition) is 0. The zero-order valence-corrected chi connectivity index (χ0v) is 17.0. The van der Waals surface area contributed by atoms with E-state index in [1.807, 2.05) is 24.3 Å². The molecule has 0 saturated heterocycles. The quantitative estimate of drug-likeness (QED) is 0.551. The van der Waals surface area contributed by atoms with Crippen LogP contribution < -0.4 is 18.9 Å². The number of carbonyl (C=O) groups is 2. The predicted molar refractivity (Wildman–Crippen MR) is 108 cm³/mol. The molecule has 1 aliphatic carbocycles. The Morgan fingerprint density at radius 1 is 1.10 bits per heavy atom. The van der Waals surface area contributed by atoms with Gasteiger partial charge in [-0.25, -0.2) is 0 Å². The van der Waals surface area contributed by atoms with E-state index in [4.69, 9.17) is 23.7 Å². The molecule has 0 saturated carbocycles. The molecule has 2 atom stereocenters. The second-order valence-corrected chi connectivity index (χ2v) is 7.15. The Bertz CT molecular complexity index is 1040. The van der Waals surface area contributed by atoms with Crippen LogP contribution in [0.4, 0.5) is 0 Å². The molecule has 0 amide bonds. The van der Waals surface area contributed by atoms with Gasteiger partial charge in [-0.15, -0.1) is 0 Å². The summed E-state index contributed by atoms with van der Waals surface area (Å²) in [6.45, 7) is 5.51. The SMILES string of the molecule is C=C1C(=O)c2cc3c(cc2[C@@H](c2ccc(OC)c(OC)c2)[C@@H]1COC(C)=O)OCO3. The number of ether oxygens (including phenoxy) is 5. The summed E-state index contributed by atoms with van der Waals surface area (Å²) in [5, 5.41) is 0. The third kappa shape index (κ3) is 3.26. The van der Waals surface area contributed by atoms with Crippen LogP contribution in [0.1, 0.15) is 34.3 Å². The number of Topliss-reactive ketones (excluding diaryl/α,β-unsaturated/α-hetero) is 1. The van der Waals surface area contributed by atoms with Gasteiger partial charge in [-0.05, 0) is 35.4 Å². The lowest BCUT2D eigenvalue weighted by Crippen LogP contribution is -2.32. The Kier molecular flexibility index (Phi) is 5.11. The largest absolute Gasteiger partial charge is 0.493 e. The fourth-order valence-corrected chi connectivity index (χ4v) is 4.03. The number of hydrogen-bond acceptors (Lipinski definition) is 7. The van der Waals surface area contributed by atoms with Gasteiger partial charge in [0, 0.05) is 29.9 Å². The smallest absolute Gasteiger partial charge is 0.302 e. The molecule has 0 fully saturated rings. The summed E-state index contributed by atoms with van der Waals surface area (Å²) < 4.78 is 27.1. The molecule has 0 bridgehead atoms. The Labute approximate surface area is 174 Å². The topological polar surface area (TPSA) is 80.3 Å². The summed E-state index contributed by atoms with van der Waals surface area (Å²) in [6.07, 6.45) is 0. The summed E-state index contributed by atoms with van der Waals surface area (Å²) in [6, 6.07) is 9.10. The van der Waals surface area contributed by atoms with Crippen molar-refractivity contribution < 1.29 is 33.3 Å². The van der Waals surface area contributed by atoms with Crippen LogP contribution in [0.15, 0.2) is 42.5 Å². The molecule has 2 aliphatic rings. The van der Waals surface area contributed by atoms with E-state index in [1.165, 1.54) is 6.92 Å². The van der Waals surface area contributed by atoms with Crippen LogP contribution in [0.5, 0.6) is 23.0 Å². The minimum absolute atomic E-state index is 0.0345. The monoisotopic (exact) mass is 410 g/mol. The van der Waals surface area contributed by atoms with Crippen LogP contribution in [0, 0.1) is 5.92 Å². The Balaban J connectivity index is 1.89. The van der Waals surface area contributed by atoms with Crippen LogP contribution in [-0.4, -0.2) is 39.4 Å². The Hall–Kier alpha value is -3.48. The van der Waals surface area contributed by atoms with Crippen molar-refractivity contribution in [3.05, 3.63) is 59.2 Å². The van der Waals surface area contributed by atoms with Gasteiger partial charge < -0.3 is 23.7 Å². The lowest BCUT2D eigenvalue weighted by molar-refractivity contribution is -0.142. The van der Waals surface area contributed by atoms with Crippen molar-refractivity contribution in [1.82, 2.24) is 0 Å². The van der Waals surface area contributed by atoms with Gasteiger partial charge in [-0.1, -0.05) is 12.6 Å². The highest BCUT2D eigenvalue weighted by atomic mass is 16.7. The van der Waals surface area contributed by atoms with E-state index in [0.29, 0.717) is 34.1 Å². The molecule has 2 aromatic rings. The van der Waals surface area contributed by atoms with Crippen molar-refractivity contribution in [2.75, 3.05) is 27.6 Å². The van der Waals surface area contributed by atoms with Gasteiger partial charge in [-0.2, -0.15) is 0 Å². The molecule has 0 radical (unpaired) electrons. The third-order valence-corrected chi connectivity index (χ3v) is 5.50. The summed E-state index contributed by atoms with van der Waals surface area (Å²) in [4.78, 5) is 24.6.